The van der Waals surface area contributed by atoms with E-state index in [-0.39, 0.29) is 0 Å². The second kappa shape index (κ2) is 10.7. The Balaban J connectivity index is 1.88. The number of hydrogen-bond acceptors (Lipinski definition) is 3. The van der Waals surface area contributed by atoms with E-state index < -0.39 is 0 Å². The maximum Gasteiger partial charge on any atom is 0.191 e. The van der Waals surface area contributed by atoms with E-state index in [0.717, 1.165) is 55.2 Å². The molecule has 136 valence electrons. The molecule has 0 saturated heterocycles. The zero-order chi connectivity index (χ0) is 17.9. The molecule has 5 heteroatoms. The van der Waals surface area contributed by atoms with Gasteiger partial charge in [0.2, 0.25) is 0 Å². The number of nitrogens with one attached hydrogen (secondary N) is 2. The predicted molar refractivity (Wildman–Crippen MR) is 105 cm³/mol. The van der Waals surface area contributed by atoms with E-state index in [4.69, 9.17) is 9.73 Å². The third-order valence-corrected chi connectivity index (χ3v) is 3.68. The summed E-state index contributed by atoms with van der Waals surface area (Å²) in [5.41, 5.74) is 2.15. The van der Waals surface area contributed by atoms with E-state index in [9.17, 15) is 0 Å². The highest BCUT2D eigenvalue weighted by Gasteiger charge is 2.02. The van der Waals surface area contributed by atoms with Gasteiger partial charge >= 0.3 is 0 Å². The molecule has 0 aliphatic carbocycles. The fraction of sp³-hybridized carbons (Fsp3) is 0.500. The summed E-state index contributed by atoms with van der Waals surface area (Å²) < 4.78 is 5.61. The lowest BCUT2D eigenvalue weighted by Crippen LogP contribution is -2.38. The highest BCUT2D eigenvalue weighted by Crippen LogP contribution is 2.16. The van der Waals surface area contributed by atoms with E-state index in [1.807, 2.05) is 12.3 Å². The molecule has 1 aromatic carbocycles. The Morgan fingerprint density at radius 1 is 1.20 bits per heavy atom. The van der Waals surface area contributed by atoms with Crippen molar-refractivity contribution in [2.24, 2.45) is 10.9 Å². The molecule has 2 N–H and O–H groups in total. The standard InChI is InChI=1S/C20H30N4O/c1-4-21-20(23-12-7-13-25-15-16(2)3)24-14-18-9-5-8-17-10-6-11-22-19(17)18/h5-6,8-11,16H,4,7,12-15H2,1-3H3,(H2,21,23,24). The van der Waals surface area contributed by atoms with Gasteiger partial charge in [0, 0.05) is 37.9 Å². The molecule has 0 amide bonds. The maximum atomic E-state index is 5.61. The molecular formula is C20H30N4O. The SMILES string of the molecule is CCNC(=NCc1cccc2cccnc12)NCCCOCC(C)C. The van der Waals surface area contributed by atoms with E-state index in [1.165, 1.54) is 0 Å². The van der Waals surface area contributed by atoms with Crippen LogP contribution in [0.15, 0.2) is 41.5 Å². The second-order valence-electron chi connectivity index (χ2n) is 6.44. The molecule has 2 rings (SSSR count). The highest BCUT2D eigenvalue weighted by molar-refractivity contribution is 5.83. The lowest BCUT2D eigenvalue weighted by molar-refractivity contribution is 0.108. The van der Waals surface area contributed by atoms with Crippen molar-refractivity contribution in [3.05, 3.63) is 42.1 Å². The Hall–Kier alpha value is -2.14. The van der Waals surface area contributed by atoms with Crippen molar-refractivity contribution in [2.75, 3.05) is 26.3 Å². The number of hydrogen-bond donors (Lipinski definition) is 2. The molecule has 25 heavy (non-hydrogen) atoms. The van der Waals surface area contributed by atoms with Crippen LogP contribution < -0.4 is 10.6 Å². The van der Waals surface area contributed by atoms with Crippen molar-refractivity contribution in [3.8, 4) is 0 Å². The summed E-state index contributed by atoms with van der Waals surface area (Å²) in [7, 11) is 0. The van der Waals surface area contributed by atoms with Gasteiger partial charge < -0.3 is 15.4 Å². The van der Waals surface area contributed by atoms with Gasteiger partial charge in [-0.15, -0.1) is 0 Å². The molecule has 0 saturated carbocycles. The summed E-state index contributed by atoms with van der Waals surface area (Å²) in [6.45, 7) is 10.3. The van der Waals surface area contributed by atoms with Crippen LogP contribution in [0.2, 0.25) is 0 Å². The summed E-state index contributed by atoms with van der Waals surface area (Å²) in [6.07, 6.45) is 2.79. The fourth-order valence-corrected chi connectivity index (χ4v) is 2.50. The summed E-state index contributed by atoms with van der Waals surface area (Å²) in [5.74, 6) is 1.42. The average molecular weight is 342 g/mol. The first-order valence-electron chi connectivity index (χ1n) is 9.13. The first kappa shape index (κ1) is 19.2. The van der Waals surface area contributed by atoms with E-state index >= 15 is 0 Å². The minimum atomic E-state index is 0.584. The zero-order valence-corrected chi connectivity index (χ0v) is 15.6. The van der Waals surface area contributed by atoms with Gasteiger partial charge in [0.15, 0.2) is 5.96 Å². The second-order valence-corrected chi connectivity index (χ2v) is 6.44. The summed E-state index contributed by atoms with van der Waals surface area (Å²) >= 11 is 0. The molecule has 0 fully saturated rings. The molecule has 5 nitrogen and oxygen atoms in total. The van der Waals surface area contributed by atoms with Crippen LogP contribution in [0, 0.1) is 5.92 Å². The minimum absolute atomic E-state index is 0.584. The number of guanidine groups is 1. The largest absolute Gasteiger partial charge is 0.381 e. The summed E-state index contributed by atoms with van der Waals surface area (Å²) in [6, 6.07) is 10.3. The first-order chi connectivity index (χ1) is 12.2. The minimum Gasteiger partial charge on any atom is -0.381 e. The molecule has 0 spiro atoms. The van der Waals surface area contributed by atoms with E-state index in [1.54, 1.807) is 0 Å². The molecule has 0 aliphatic heterocycles. The average Bonchev–Trinajstić information content (AvgIpc) is 2.62. The van der Waals surface area contributed by atoms with Crippen molar-refractivity contribution < 1.29 is 4.74 Å². The van der Waals surface area contributed by atoms with Crippen LogP contribution >= 0.6 is 0 Å². The monoisotopic (exact) mass is 342 g/mol. The normalized spacial score (nSPS) is 11.9. The Bertz CT molecular complexity index is 664. The van der Waals surface area contributed by atoms with Gasteiger partial charge in [-0.05, 0) is 30.9 Å². The fourth-order valence-electron chi connectivity index (χ4n) is 2.50. The number of rotatable bonds is 9. The number of nitrogens with zero attached hydrogens (tertiary/aromatic N) is 2. The molecule has 1 heterocycles. The van der Waals surface area contributed by atoms with Crippen LogP contribution in [0.1, 0.15) is 32.8 Å². The van der Waals surface area contributed by atoms with Gasteiger partial charge in [0.25, 0.3) is 0 Å². The number of benzene rings is 1. The van der Waals surface area contributed by atoms with Crippen LogP contribution in [0.3, 0.4) is 0 Å². The molecule has 0 unspecified atom stereocenters. The molecule has 0 aliphatic rings. The lowest BCUT2D eigenvalue weighted by Gasteiger charge is -2.12. The molecule has 1 aromatic heterocycles. The van der Waals surface area contributed by atoms with Gasteiger partial charge in [0.1, 0.15) is 0 Å². The molecular weight excluding hydrogens is 312 g/mol. The number of ether oxygens (including phenoxy) is 1. The number of pyridine rings is 1. The van der Waals surface area contributed by atoms with Gasteiger partial charge in [0.05, 0.1) is 12.1 Å². The molecule has 0 atom stereocenters. The maximum absolute atomic E-state index is 5.61. The van der Waals surface area contributed by atoms with Crippen molar-refractivity contribution in [3.63, 3.8) is 0 Å². The van der Waals surface area contributed by atoms with E-state index in [0.29, 0.717) is 12.5 Å². The van der Waals surface area contributed by atoms with E-state index in [2.05, 4.69) is 60.7 Å². The molecule has 0 bridgehead atoms. The Kier molecular flexibility index (Phi) is 8.19. The van der Waals surface area contributed by atoms with Crippen LogP contribution in [-0.4, -0.2) is 37.2 Å². The van der Waals surface area contributed by atoms with Crippen LogP contribution in [0.5, 0.6) is 0 Å². The number of aromatic nitrogens is 1. The quantitative estimate of drug-likeness (QED) is 0.417. The van der Waals surface area contributed by atoms with Crippen LogP contribution in [0.25, 0.3) is 10.9 Å². The number of fused-ring (bicyclic) bond motifs is 1. The van der Waals surface area contributed by atoms with Crippen molar-refractivity contribution in [1.82, 2.24) is 15.6 Å². The van der Waals surface area contributed by atoms with Gasteiger partial charge in [-0.2, -0.15) is 0 Å². The summed E-state index contributed by atoms with van der Waals surface area (Å²) in [4.78, 5) is 9.18. The third kappa shape index (κ3) is 6.70. The van der Waals surface area contributed by atoms with Gasteiger partial charge in [-0.25, -0.2) is 4.99 Å². The van der Waals surface area contributed by atoms with Crippen LogP contribution in [0.4, 0.5) is 0 Å². The predicted octanol–water partition coefficient (Wildman–Crippen LogP) is 3.35. The van der Waals surface area contributed by atoms with Gasteiger partial charge in [-0.3, -0.25) is 4.98 Å². The van der Waals surface area contributed by atoms with Crippen molar-refractivity contribution >= 4 is 16.9 Å². The smallest absolute Gasteiger partial charge is 0.191 e. The third-order valence-electron chi connectivity index (χ3n) is 3.68. The van der Waals surface area contributed by atoms with Crippen molar-refractivity contribution in [2.45, 2.75) is 33.7 Å². The Morgan fingerprint density at radius 2 is 2.04 bits per heavy atom. The molecule has 2 aromatic rings. The Morgan fingerprint density at radius 3 is 2.84 bits per heavy atom. The highest BCUT2D eigenvalue weighted by atomic mass is 16.5. The first-order valence-corrected chi connectivity index (χ1v) is 9.13. The summed E-state index contributed by atoms with van der Waals surface area (Å²) in [5, 5.41) is 7.80. The topological polar surface area (TPSA) is 58.5 Å². The van der Waals surface area contributed by atoms with Gasteiger partial charge in [-0.1, -0.05) is 38.1 Å². The zero-order valence-electron chi connectivity index (χ0n) is 15.6. The lowest BCUT2D eigenvalue weighted by atomic mass is 10.1. The number of para-hydroxylation sites is 1. The van der Waals surface area contributed by atoms with Crippen molar-refractivity contribution in [1.29, 1.82) is 0 Å². The Labute approximate surface area is 150 Å². The number of aliphatic imine (C=N–C) groups is 1. The molecule has 0 radical (unpaired) electrons. The van der Waals surface area contributed by atoms with Crippen LogP contribution in [-0.2, 0) is 11.3 Å².